The van der Waals surface area contributed by atoms with Crippen LogP contribution in [0.1, 0.15) is 12.0 Å². The Labute approximate surface area is 136 Å². The Morgan fingerprint density at radius 3 is 2.35 bits per heavy atom. The van der Waals surface area contributed by atoms with Gasteiger partial charge in [0.25, 0.3) is 0 Å². The zero-order valence-electron chi connectivity index (χ0n) is 13.0. The maximum absolute atomic E-state index is 11.9. The van der Waals surface area contributed by atoms with Crippen molar-refractivity contribution in [3.05, 3.63) is 35.9 Å². The second-order valence-electron chi connectivity index (χ2n) is 8.80. The summed E-state index contributed by atoms with van der Waals surface area (Å²) in [6, 6.07) is 10.5. The monoisotopic (exact) mass is 310 g/mol. The molecule has 1 N–H and O–H groups in total. The highest BCUT2D eigenvalue weighted by Gasteiger charge is 2.88. The van der Waals surface area contributed by atoms with Crippen LogP contribution < -0.4 is 0 Å². The van der Waals surface area contributed by atoms with Gasteiger partial charge in [-0.3, -0.25) is 0 Å². The number of benzene rings is 1. The van der Waals surface area contributed by atoms with E-state index < -0.39 is 5.60 Å². The van der Waals surface area contributed by atoms with Crippen LogP contribution in [0.3, 0.4) is 0 Å². The molecule has 0 spiro atoms. The van der Waals surface area contributed by atoms with E-state index in [-0.39, 0.29) is 6.29 Å². The third kappa shape index (κ3) is 1.09. The molecule has 1 aromatic carbocycles. The minimum atomic E-state index is -0.581. The molecule has 0 unspecified atom stereocenters. The predicted molar refractivity (Wildman–Crippen MR) is 82.1 cm³/mol. The number of aliphatic hydroxyl groups is 1. The van der Waals surface area contributed by atoms with E-state index in [1.54, 1.807) is 0 Å². The van der Waals surface area contributed by atoms with Gasteiger partial charge < -0.3 is 14.6 Å². The highest BCUT2D eigenvalue weighted by molar-refractivity contribution is 5.40. The maximum Gasteiger partial charge on any atom is 0.161 e. The molecule has 1 aliphatic heterocycles. The first-order valence-corrected chi connectivity index (χ1v) is 9.33. The minimum Gasteiger partial charge on any atom is -0.385 e. The van der Waals surface area contributed by atoms with Crippen LogP contribution in [-0.4, -0.2) is 24.6 Å². The van der Waals surface area contributed by atoms with Crippen LogP contribution in [0.25, 0.3) is 0 Å². The molecule has 5 aliphatic carbocycles. The molecule has 6 fully saturated rings. The number of fused-ring (bicyclic) bond motifs is 2. The van der Waals surface area contributed by atoms with Crippen LogP contribution in [0.2, 0.25) is 0 Å². The van der Waals surface area contributed by atoms with Crippen LogP contribution in [0.4, 0.5) is 0 Å². The smallest absolute Gasteiger partial charge is 0.161 e. The van der Waals surface area contributed by atoms with Gasteiger partial charge in [-0.25, -0.2) is 0 Å². The predicted octanol–water partition coefficient (Wildman–Crippen LogP) is 2.25. The van der Waals surface area contributed by atoms with E-state index in [1.165, 1.54) is 12.0 Å². The number of hydrogen-bond donors (Lipinski definition) is 1. The van der Waals surface area contributed by atoms with Crippen LogP contribution in [0, 0.1) is 53.3 Å². The molecular formula is C20H22O3. The molecule has 7 rings (SSSR count). The van der Waals surface area contributed by atoms with Crippen molar-refractivity contribution >= 4 is 0 Å². The zero-order chi connectivity index (χ0) is 14.9. The molecular weight excluding hydrogens is 288 g/mol. The van der Waals surface area contributed by atoms with Gasteiger partial charge in [0.05, 0.1) is 18.8 Å². The van der Waals surface area contributed by atoms with E-state index in [2.05, 4.69) is 30.3 Å². The normalized spacial score (nSPS) is 60.8. The fourth-order valence-electron chi connectivity index (χ4n) is 8.71. The van der Waals surface area contributed by atoms with Gasteiger partial charge in [-0.1, -0.05) is 30.3 Å². The van der Waals surface area contributed by atoms with Crippen LogP contribution in [0.5, 0.6) is 0 Å². The Bertz CT molecular complexity index is 683. The molecule has 3 nitrogen and oxygen atoms in total. The van der Waals surface area contributed by atoms with Crippen molar-refractivity contribution in [3.8, 4) is 0 Å². The summed E-state index contributed by atoms with van der Waals surface area (Å²) < 4.78 is 11.9. The second kappa shape index (κ2) is 3.68. The summed E-state index contributed by atoms with van der Waals surface area (Å²) in [7, 11) is 0. The molecule has 23 heavy (non-hydrogen) atoms. The molecule has 2 bridgehead atoms. The first kappa shape index (κ1) is 12.5. The number of rotatable bonds is 2. The zero-order valence-corrected chi connectivity index (χ0v) is 13.0. The van der Waals surface area contributed by atoms with Gasteiger partial charge in [0.15, 0.2) is 6.29 Å². The summed E-state index contributed by atoms with van der Waals surface area (Å²) >= 11 is 0. The topological polar surface area (TPSA) is 38.7 Å². The summed E-state index contributed by atoms with van der Waals surface area (Å²) in [5.41, 5.74) is 0.591. The highest BCUT2D eigenvalue weighted by Crippen LogP contribution is 2.88. The van der Waals surface area contributed by atoms with Gasteiger partial charge in [0.2, 0.25) is 0 Å². The van der Waals surface area contributed by atoms with Gasteiger partial charge >= 0.3 is 0 Å². The fraction of sp³-hybridized carbons (Fsp3) is 0.700. The van der Waals surface area contributed by atoms with Crippen molar-refractivity contribution in [3.63, 3.8) is 0 Å². The SMILES string of the molecule is O[C@@]1(c2ccccc2)[C@H]2[C@@H]3[C@H]4C[C@H]5[C@@H]3[C@H]2[C@@H](C2OCCO2)[C@@H]5[C@H]41. The molecule has 6 aliphatic rings. The van der Waals surface area contributed by atoms with Gasteiger partial charge in [-0.15, -0.1) is 0 Å². The Morgan fingerprint density at radius 1 is 0.826 bits per heavy atom. The van der Waals surface area contributed by atoms with Crippen LogP contribution in [0.15, 0.2) is 30.3 Å². The first-order valence-electron chi connectivity index (χ1n) is 9.33. The van der Waals surface area contributed by atoms with Gasteiger partial charge in [0, 0.05) is 5.92 Å². The van der Waals surface area contributed by atoms with Crippen LogP contribution >= 0.6 is 0 Å². The Balaban J connectivity index is 1.39. The first-order chi connectivity index (χ1) is 11.3. The van der Waals surface area contributed by atoms with Gasteiger partial charge in [-0.05, 0) is 59.3 Å². The van der Waals surface area contributed by atoms with Crippen molar-refractivity contribution in [2.75, 3.05) is 13.2 Å². The van der Waals surface area contributed by atoms with Crippen molar-refractivity contribution in [1.29, 1.82) is 0 Å². The molecule has 0 radical (unpaired) electrons. The lowest BCUT2D eigenvalue weighted by atomic mass is 9.52. The molecule has 5 saturated carbocycles. The molecule has 1 heterocycles. The Kier molecular flexibility index (Phi) is 2.00. The summed E-state index contributed by atoms with van der Waals surface area (Å²) in [5, 5.41) is 11.9. The van der Waals surface area contributed by atoms with Crippen molar-refractivity contribution in [2.24, 2.45) is 53.3 Å². The number of ether oxygens (including phenoxy) is 2. The van der Waals surface area contributed by atoms with Crippen molar-refractivity contribution in [2.45, 2.75) is 18.3 Å². The second-order valence-corrected chi connectivity index (χ2v) is 8.80. The van der Waals surface area contributed by atoms with Gasteiger partial charge in [0.1, 0.15) is 0 Å². The quantitative estimate of drug-likeness (QED) is 0.910. The van der Waals surface area contributed by atoms with E-state index >= 15 is 0 Å². The third-order valence-electron chi connectivity index (χ3n) is 8.72. The summed E-state index contributed by atoms with van der Waals surface area (Å²) in [6.07, 6.45) is 1.37. The average molecular weight is 310 g/mol. The average Bonchev–Trinajstić information content (AvgIpc) is 3.25. The van der Waals surface area contributed by atoms with Gasteiger partial charge in [-0.2, -0.15) is 0 Å². The highest BCUT2D eigenvalue weighted by atomic mass is 16.7. The number of hydrogen-bond acceptors (Lipinski definition) is 3. The summed E-state index contributed by atoms with van der Waals surface area (Å²) in [6.45, 7) is 1.50. The Morgan fingerprint density at radius 2 is 1.57 bits per heavy atom. The minimum absolute atomic E-state index is 0.0145. The largest absolute Gasteiger partial charge is 0.385 e. The maximum atomic E-state index is 11.9. The molecule has 0 aromatic heterocycles. The lowest BCUT2D eigenvalue weighted by Crippen LogP contribution is -2.57. The van der Waals surface area contributed by atoms with Crippen molar-refractivity contribution in [1.82, 2.24) is 0 Å². The van der Waals surface area contributed by atoms with E-state index in [4.69, 9.17) is 9.47 Å². The summed E-state index contributed by atoms with van der Waals surface area (Å²) in [4.78, 5) is 0. The molecule has 0 amide bonds. The lowest BCUT2D eigenvalue weighted by Gasteiger charge is -2.55. The molecule has 10 atom stereocenters. The van der Waals surface area contributed by atoms with E-state index in [0.717, 1.165) is 36.9 Å². The van der Waals surface area contributed by atoms with Crippen molar-refractivity contribution < 1.29 is 14.6 Å². The van der Waals surface area contributed by atoms with E-state index in [0.29, 0.717) is 29.6 Å². The molecule has 1 saturated heterocycles. The molecule has 3 heteroatoms. The summed E-state index contributed by atoms with van der Waals surface area (Å²) in [5.74, 6) is 5.94. The molecule has 1 aromatic rings. The lowest BCUT2D eigenvalue weighted by molar-refractivity contribution is -0.206. The Hall–Kier alpha value is -0.900. The third-order valence-corrected chi connectivity index (χ3v) is 8.72. The van der Waals surface area contributed by atoms with E-state index in [1.807, 2.05) is 0 Å². The van der Waals surface area contributed by atoms with Crippen LogP contribution in [-0.2, 0) is 15.1 Å². The van der Waals surface area contributed by atoms with E-state index in [9.17, 15) is 5.11 Å². The fourth-order valence-corrected chi connectivity index (χ4v) is 8.71. The standard InChI is InChI=1S/C20H22O3/c21-20(9-4-2-1-3-5-9)17-11-8-10-12-14(11)18(20)15(12)16(13(10)17)19-22-6-7-23-19/h1-5,10-19,21H,6-8H2/t10-,11+,12-,13+,14+,15-,16-,17-,18-,20+/m0/s1. The molecule has 120 valence electrons.